The highest BCUT2D eigenvalue weighted by Crippen LogP contribution is 2.14. The summed E-state index contributed by atoms with van der Waals surface area (Å²) in [5.74, 6) is -0.450. The number of carbonyl (C=O) groups is 1. The summed E-state index contributed by atoms with van der Waals surface area (Å²) < 4.78 is 7.89. The topological polar surface area (TPSA) is 99.6 Å². The summed E-state index contributed by atoms with van der Waals surface area (Å²) in [6.45, 7) is 4.91. The molecule has 1 aromatic heterocycles. The van der Waals surface area contributed by atoms with E-state index in [4.69, 9.17) is 10.5 Å². The van der Waals surface area contributed by atoms with Gasteiger partial charge in [-0.05, 0) is 51.4 Å². The largest absolute Gasteiger partial charge is 0.462 e. The average Bonchev–Trinajstić information content (AvgIpc) is 2.67. The molecule has 0 radical (unpaired) electrons. The monoisotopic (exact) mass is 400 g/mol. The van der Waals surface area contributed by atoms with Gasteiger partial charge in [-0.3, -0.25) is 14.2 Å². The van der Waals surface area contributed by atoms with Crippen molar-refractivity contribution in [3.63, 3.8) is 0 Å². The Morgan fingerprint density at radius 3 is 2.45 bits per heavy atom. The number of aromatic nitrogens is 2. The molecule has 2 aromatic rings. The molecule has 1 unspecified atom stereocenters. The fourth-order valence-corrected chi connectivity index (χ4v) is 3.57. The summed E-state index contributed by atoms with van der Waals surface area (Å²) in [7, 11) is 3.67. The van der Waals surface area contributed by atoms with Crippen LogP contribution in [0.4, 0.5) is 0 Å². The van der Waals surface area contributed by atoms with Gasteiger partial charge in [0, 0.05) is 31.4 Å². The molecule has 0 bridgehead atoms. The summed E-state index contributed by atoms with van der Waals surface area (Å²) in [6.07, 6.45) is 0.710. The summed E-state index contributed by atoms with van der Waals surface area (Å²) in [5, 5.41) is 0. The van der Waals surface area contributed by atoms with Gasteiger partial charge in [0.15, 0.2) is 0 Å². The van der Waals surface area contributed by atoms with Crippen molar-refractivity contribution in [1.29, 1.82) is 0 Å². The lowest BCUT2D eigenvalue weighted by molar-refractivity contribution is -0.148. The Balaban J connectivity index is 1.89. The molecule has 0 saturated carbocycles. The SMILES string of the molecule is CC(C)OC(=O)C(N)Cc1ccc(-n2c(=O)c3c(n(C)c2=O)CN(C)CC3)cc1. The molecule has 3 rings (SSSR count). The third-order valence-electron chi connectivity index (χ3n) is 5.16. The van der Waals surface area contributed by atoms with E-state index in [9.17, 15) is 14.4 Å². The van der Waals surface area contributed by atoms with Gasteiger partial charge in [0.1, 0.15) is 6.04 Å². The highest BCUT2D eigenvalue weighted by molar-refractivity contribution is 5.76. The average molecular weight is 400 g/mol. The van der Waals surface area contributed by atoms with Crippen LogP contribution in [-0.4, -0.2) is 45.7 Å². The molecule has 0 amide bonds. The van der Waals surface area contributed by atoms with Crippen LogP contribution in [0.25, 0.3) is 5.69 Å². The minimum absolute atomic E-state index is 0.220. The number of hydrogen-bond donors (Lipinski definition) is 1. The lowest BCUT2D eigenvalue weighted by Crippen LogP contribution is -2.45. The maximum Gasteiger partial charge on any atom is 0.335 e. The number of hydrogen-bond acceptors (Lipinski definition) is 6. The molecule has 2 N–H and O–H groups in total. The molecule has 0 spiro atoms. The standard InChI is InChI=1S/C21H28N4O4/c1-13(2)29-20(27)17(22)11-14-5-7-15(8-6-14)25-19(26)16-9-10-23(3)12-18(16)24(4)21(25)28/h5-8,13,17H,9-12,22H2,1-4H3. The summed E-state index contributed by atoms with van der Waals surface area (Å²) >= 11 is 0. The molecule has 1 aliphatic heterocycles. The second-order valence-corrected chi connectivity index (χ2v) is 7.86. The van der Waals surface area contributed by atoms with Crippen LogP contribution in [0, 0.1) is 0 Å². The van der Waals surface area contributed by atoms with Crippen molar-refractivity contribution in [3.8, 4) is 5.69 Å². The first kappa shape index (κ1) is 21.0. The number of fused-ring (bicyclic) bond motifs is 1. The zero-order chi connectivity index (χ0) is 21.3. The lowest BCUT2D eigenvalue weighted by atomic mass is 10.1. The minimum Gasteiger partial charge on any atom is -0.462 e. The summed E-state index contributed by atoms with van der Waals surface area (Å²) in [6, 6.07) is 6.20. The Kier molecular flexibility index (Phi) is 6.04. The van der Waals surface area contributed by atoms with E-state index in [1.54, 1.807) is 49.7 Å². The minimum atomic E-state index is -0.764. The van der Waals surface area contributed by atoms with Crippen LogP contribution in [0.15, 0.2) is 33.9 Å². The molecular weight excluding hydrogens is 372 g/mol. The number of esters is 1. The zero-order valence-corrected chi connectivity index (χ0v) is 17.3. The predicted octanol–water partition coefficient (Wildman–Crippen LogP) is 0.346. The first-order chi connectivity index (χ1) is 13.7. The van der Waals surface area contributed by atoms with E-state index in [2.05, 4.69) is 4.90 Å². The highest BCUT2D eigenvalue weighted by atomic mass is 16.5. The van der Waals surface area contributed by atoms with Crippen LogP contribution < -0.4 is 17.0 Å². The van der Waals surface area contributed by atoms with Gasteiger partial charge in [-0.15, -0.1) is 0 Å². The molecule has 29 heavy (non-hydrogen) atoms. The van der Waals surface area contributed by atoms with Crippen LogP contribution in [-0.2, 0) is 36.0 Å². The zero-order valence-electron chi connectivity index (χ0n) is 17.3. The number of nitrogens with two attached hydrogens (primary N) is 1. The Hall–Kier alpha value is -2.71. The second-order valence-electron chi connectivity index (χ2n) is 7.86. The van der Waals surface area contributed by atoms with Gasteiger partial charge >= 0.3 is 11.7 Å². The van der Waals surface area contributed by atoms with Gasteiger partial charge in [-0.1, -0.05) is 12.1 Å². The molecule has 1 atom stereocenters. The van der Waals surface area contributed by atoms with Crippen molar-refractivity contribution in [1.82, 2.24) is 14.0 Å². The molecular formula is C21H28N4O4. The Morgan fingerprint density at radius 1 is 1.17 bits per heavy atom. The van der Waals surface area contributed by atoms with Gasteiger partial charge in [0.25, 0.3) is 5.56 Å². The maximum absolute atomic E-state index is 13.0. The molecule has 156 valence electrons. The number of nitrogens with zero attached hydrogens (tertiary/aromatic N) is 3. The smallest absolute Gasteiger partial charge is 0.335 e. The first-order valence-electron chi connectivity index (χ1n) is 9.76. The number of ether oxygens (including phenoxy) is 1. The summed E-state index contributed by atoms with van der Waals surface area (Å²) in [5.41, 5.74) is 8.07. The third-order valence-corrected chi connectivity index (χ3v) is 5.16. The van der Waals surface area contributed by atoms with E-state index in [1.807, 2.05) is 7.05 Å². The number of likely N-dealkylation sites (N-methyl/N-ethyl adjacent to an activating group) is 1. The first-order valence-corrected chi connectivity index (χ1v) is 9.76. The fraction of sp³-hybridized carbons (Fsp3) is 0.476. The van der Waals surface area contributed by atoms with Crippen molar-refractivity contribution >= 4 is 5.97 Å². The molecule has 0 aliphatic carbocycles. The molecule has 1 aromatic carbocycles. The van der Waals surface area contributed by atoms with Gasteiger partial charge in [0.05, 0.1) is 11.8 Å². The number of rotatable bonds is 5. The highest BCUT2D eigenvalue weighted by Gasteiger charge is 2.23. The van der Waals surface area contributed by atoms with E-state index >= 15 is 0 Å². The van der Waals surface area contributed by atoms with Crippen LogP contribution in [0.1, 0.15) is 30.7 Å². The van der Waals surface area contributed by atoms with Crippen molar-refractivity contribution < 1.29 is 9.53 Å². The summed E-state index contributed by atoms with van der Waals surface area (Å²) in [4.78, 5) is 39.8. The van der Waals surface area contributed by atoms with Crippen molar-refractivity contribution in [3.05, 3.63) is 61.9 Å². The van der Waals surface area contributed by atoms with Crippen LogP contribution >= 0.6 is 0 Å². The van der Waals surface area contributed by atoms with E-state index in [0.717, 1.165) is 17.8 Å². The van der Waals surface area contributed by atoms with Crippen LogP contribution in [0.2, 0.25) is 0 Å². The fourth-order valence-electron chi connectivity index (χ4n) is 3.57. The maximum atomic E-state index is 13.0. The predicted molar refractivity (Wildman–Crippen MR) is 110 cm³/mol. The third kappa shape index (κ3) is 4.33. The molecule has 2 heterocycles. The molecule has 8 nitrogen and oxygen atoms in total. The quantitative estimate of drug-likeness (QED) is 0.727. The van der Waals surface area contributed by atoms with E-state index in [1.165, 1.54) is 4.57 Å². The van der Waals surface area contributed by atoms with Crippen molar-refractivity contribution in [2.24, 2.45) is 12.8 Å². The molecule has 8 heteroatoms. The van der Waals surface area contributed by atoms with E-state index < -0.39 is 12.0 Å². The second kappa shape index (κ2) is 8.34. The van der Waals surface area contributed by atoms with E-state index in [-0.39, 0.29) is 17.4 Å². The molecule has 1 aliphatic rings. The van der Waals surface area contributed by atoms with Gasteiger partial charge in [0.2, 0.25) is 0 Å². The van der Waals surface area contributed by atoms with E-state index in [0.29, 0.717) is 30.6 Å². The van der Waals surface area contributed by atoms with Crippen LogP contribution in [0.3, 0.4) is 0 Å². The van der Waals surface area contributed by atoms with Gasteiger partial charge < -0.3 is 15.4 Å². The normalized spacial score (nSPS) is 15.2. The van der Waals surface area contributed by atoms with Crippen molar-refractivity contribution in [2.45, 2.75) is 45.4 Å². The lowest BCUT2D eigenvalue weighted by Gasteiger charge is -2.26. The Bertz CT molecular complexity index is 1020. The number of carbonyl (C=O) groups excluding carboxylic acids is 1. The number of benzene rings is 1. The molecule has 0 fully saturated rings. The Morgan fingerprint density at radius 2 is 1.83 bits per heavy atom. The molecule has 0 saturated heterocycles. The van der Waals surface area contributed by atoms with Crippen LogP contribution in [0.5, 0.6) is 0 Å². The van der Waals surface area contributed by atoms with Gasteiger partial charge in [-0.2, -0.15) is 0 Å². The van der Waals surface area contributed by atoms with Gasteiger partial charge in [-0.25, -0.2) is 9.36 Å². The Labute approximate surface area is 169 Å². The van der Waals surface area contributed by atoms with Crippen molar-refractivity contribution in [2.75, 3.05) is 13.6 Å².